The van der Waals surface area contributed by atoms with Crippen LogP contribution in [0.2, 0.25) is 5.15 Å². The van der Waals surface area contributed by atoms with Gasteiger partial charge in [-0.05, 0) is 29.3 Å². The van der Waals surface area contributed by atoms with Gasteiger partial charge in [0, 0.05) is 6.54 Å². The van der Waals surface area contributed by atoms with E-state index in [4.69, 9.17) is 11.6 Å². The van der Waals surface area contributed by atoms with Crippen molar-refractivity contribution in [1.82, 2.24) is 19.5 Å². The monoisotopic (exact) mass is 314 g/mol. The predicted molar refractivity (Wildman–Crippen MR) is 71.0 cm³/mol. The van der Waals surface area contributed by atoms with Gasteiger partial charge in [0.1, 0.15) is 10.8 Å². The Morgan fingerprint density at radius 3 is 2.82 bits per heavy atom. The van der Waals surface area contributed by atoms with E-state index < -0.39 is 0 Å². The summed E-state index contributed by atoms with van der Waals surface area (Å²) in [7, 11) is 0. The lowest BCUT2D eigenvalue weighted by molar-refractivity contribution is 0.681. The fraction of sp³-hybridized carbons (Fsp3) is 0.364. The van der Waals surface area contributed by atoms with E-state index in [1.54, 1.807) is 12.5 Å². The molecule has 0 amide bonds. The largest absolute Gasteiger partial charge is 0.328 e. The highest BCUT2D eigenvalue weighted by molar-refractivity contribution is 9.10. The van der Waals surface area contributed by atoms with Crippen molar-refractivity contribution in [2.75, 3.05) is 0 Å². The van der Waals surface area contributed by atoms with Gasteiger partial charge >= 0.3 is 0 Å². The highest BCUT2D eigenvalue weighted by Gasteiger charge is 2.12. The summed E-state index contributed by atoms with van der Waals surface area (Å²) in [4.78, 5) is 12.8. The van der Waals surface area contributed by atoms with Crippen LogP contribution in [0.1, 0.15) is 19.0 Å². The first kappa shape index (κ1) is 12.5. The molecule has 0 saturated carbocycles. The average Bonchev–Trinajstić information content (AvgIpc) is 2.74. The first-order valence-corrected chi connectivity index (χ1v) is 6.50. The van der Waals surface area contributed by atoms with Crippen molar-refractivity contribution in [1.29, 1.82) is 0 Å². The molecule has 0 saturated heterocycles. The van der Waals surface area contributed by atoms with Crippen molar-refractivity contribution in [2.24, 2.45) is 0 Å². The third-order valence-corrected chi connectivity index (χ3v) is 3.83. The molecular weight excluding hydrogens is 304 g/mol. The van der Waals surface area contributed by atoms with E-state index in [0.717, 1.165) is 28.8 Å². The summed E-state index contributed by atoms with van der Waals surface area (Å²) >= 11 is 9.38. The molecule has 0 N–H and O–H groups in total. The molecule has 0 aliphatic heterocycles. The van der Waals surface area contributed by atoms with Crippen LogP contribution in [0.15, 0.2) is 17.0 Å². The molecule has 90 valence electrons. The number of aromatic nitrogens is 4. The molecule has 17 heavy (non-hydrogen) atoms. The molecule has 0 aliphatic carbocycles. The average molecular weight is 316 g/mol. The van der Waals surface area contributed by atoms with Crippen molar-refractivity contribution < 1.29 is 0 Å². The van der Waals surface area contributed by atoms with Gasteiger partial charge in [0.15, 0.2) is 5.82 Å². The molecule has 2 heterocycles. The molecule has 0 aromatic carbocycles. The van der Waals surface area contributed by atoms with Crippen molar-refractivity contribution in [3.63, 3.8) is 0 Å². The number of imidazole rings is 1. The highest BCUT2D eigenvalue weighted by atomic mass is 79.9. The van der Waals surface area contributed by atoms with Crippen LogP contribution in [-0.2, 0) is 6.54 Å². The summed E-state index contributed by atoms with van der Waals surface area (Å²) in [6.45, 7) is 4.90. The van der Waals surface area contributed by atoms with Gasteiger partial charge < -0.3 is 4.57 Å². The molecule has 0 bridgehead atoms. The van der Waals surface area contributed by atoms with E-state index in [2.05, 4.69) is 37.8 Å². The molecule has 2 aromatic rings. The summed E-state index contributed by atoms with van der Waals surface area (Å²) in [6.07, 6.45) is 4.58. The van der Waals surface area contributed by atoms with E-state index in [0.29, 0.717) is 11.0 Å². The standard InChI is InChI=1S/C11H12BrClN4/c1-3-4-17-6-14-5-8(17)11-15-7(2)9(12)10(13)16-11/h5-6H,3-4H2,1-2H3. The smallest absolute Gasteiger partial charge is 0.179 e. The molecule has 0 aliphatic rings. The Balaban J connectivity index is 2.49. The Morgan fingerprint density at radius 2 is 2.18 bits per heavy atom. The van der Waals surface area contributed by atoms with Crippen LogP contribution < -0.4 is 0 Å². The lowest BCUT2D eigenvalue weighted by Gasteiger charge is -2.07. The molecule has 4 nitrogen and oxygen atoms in total. The second-order valence-electron chi connectivity index (χ2n) is 3.71. The van der Waals surface area contributed by atoms with E-state index >= 15 is 0 Å². The van der Waals surface area contributed by atoms with Gasteiger partial charge in [-0.1, -0.05) is 18.5 Å². The zero-order valence-electron chi connectivity index (χ0n) is 9.61. The minimum Gasteiger partial charge on any atom is -0.328 e. The normalized spacial score (nSPS) is 10.8. The van der Waals surface area contributed by atoms with Crippen LogP contribution in [0, 0.1) is 6.92 Å². The third-order valence-electron chi connectivity index (χ3n) is 2.38. The maximum absolute atomic E-state index is 6.04. The van der Waals surface area contributed by atoms with Gasteiger partial charge in [-0.3, -0.25) is 0 Å². The Labute approximate surface area is 113 Å². The summed E-state index contributed by atoms with van der Waals surface area (Å²) in [5, 5.41) is 0.428. The van der Waals surface area contributed by atoms with Gasteiger partial charge in [-0.2, -0.15) is 0 Å². The lowest BCUT2D eigenvalue weighted by Crippen LogP contribution is -2.02. The zero-order chi connectivity index (χ0) is 12.4. The van der Waals surface area contributed by atoms with Gasteiger partial charge in [0.25, 0.3) is 0 Å². The van der Waals surface area contributed by atoms with E-state index in [-0.39, 0.29) is 0 Å². The summed E-state index contributed by atoms with van der Waals surface area (Å²) < 4.78 is 2.77. The first-order chi connectivity index (χ1) is 8.13. The van der Waals surface area contributed by atoms with Gasteiger partial charge in [-0.25, -0.2) is 15.0 Å². The molecule has 2 aromatic heterocycles. The van der Waals surface area contributed by atoms with E-state index in [1.165, 1.54) is 0 Å². The Morgan fingerprint density at radius 1 is 1.41 bits per heavy atom. The Bertz CT molecular complexity index is 515. The minimum absolute atomic E-state index is 0.428. The fourth-order valence-electron chi connectivity index (χ4n) is 1.56. The second kappa shape index (κ2) is 5.14. The quantitative estimate of drug-likeness (QED) is 0.815. The number of aryl methyl sites for hydroxylation is 2. The Hall–Kier alpha value is -0.940. The third kappa shape index (κ3) is 2.50. The lowest BCUT2D eigenvalue weighted by atomic mass is 10.3. The van der Waals surface area contributed by atoms with Crippen LogP contribution in [-0.4, -0.2) is 19.5 Å². The van der Waals surface area contributed by atoms with Crippen molar-refractivity contribution in [3.8, 4) is 11.5 Å². The molecule has 0 unspecified atom stereocenters. The highest BCUT2D eigenvalue weighted by Crippen LogP contribution is 2.26. The maximum atomic E-state index is 6.04. The van der Waals surface area contributed by atoms with E-state index in [1.807, 2.05) is 11.5 Å². The second-order valence-corrected chi connectivity index (χ2v) is 4.86. The molecule has 6 heteroatoms. The predicted octanol–water partition coefficient (Wildman–Crippen LogP) is 3.47. The zero-order valence-corrected chi connectivity index (χ0v) is 12.0. The first-order valence-electron chi connectivity index (χ1n) is 5.33. The van der Waals surface area contributed by atoms with Crippen LogP contribution in [0.25, 0.3) is 11.5 Å². The molecule has 0 spiro atoms. The van der Waals surface area contributed by atoms with Gasteiger partial charge in [-0.15, -0.1) is 0 Å². The molecule has 0 atom stereocenters. The van der Waals surface area contributed by atoms with Crippen LogP contribution >= 0.6 is 27.5 Å². The van der Waals surface area contributed by atoms with Crippen LogP contribution in [0.5, 0.6) is 0 Å². The van der Waals surface area contributed by atoms with Crippen LogP contribution in [0.4, 0.5) is 0 Å². The number of hydrogen-bond donors (Lipinski definition) is 0. The maximum Gasteiger partial charge on any atom is 0.179 e. The summed E-state index contributed by atoms with van der Waals surface area (Å²) in [6, 6.07) is 0. The summed E-state index contributed by atoms with van der Waals surface area (Å²) in [5.41, 5.74) is 1.72. The molecule has 0 fully saturated rings. The number of nitrogens with zero attached hydrogens (tertiary/aromatic N) is 4. The van der Waals surface area contributed by atoms with E-state index in [9.17, 15) is 0 Å². The topological polar surface area (TPSA) is 43.6 Å². The number of rotatable bonds is 3. The summed E-state index contributed by atoms with van der Waals surface area (Å²) in [5.74, 6) is 0.613. The number of halogens is 2. The SMILES string of the molecule is CCCn1cncc1-c1nc(C)c(Br)c(Cl)n1. The molecule has 2 rings (SSSR count). The van der Waals surface area contributed by atoms with Crippen molar-refractivity contribution in [2.45, 2.75) is 26.8 Å². The number of hydrogen-bond acceptors (Lipinski definition) is 3. The fourth-order valence-corrected chi connectivity index (χ4v) is 1.96. The van der Waals surface area contributed by atoms with Crippen LogP contribution in [0.3, 0.4) is 0 Å². The Kier molecular flexibility index (Phi) is 3.79. The van der Waals surface area contributed by atoms with Gasteiger partial charge in [0.2, 0.25) is 0 Å². The van der Waals surface area contributed by atoms with Gasteiger partial charge in [0.05, 0.1) is 22.7 Å². The van der Waals surface area contributed by atoms with Crippen molar-refractivity contribution >= 4 is 27.5 Å². The van der Waals surface area contributed by atoms with Crippen molar-refractivity contribution in [3.05, 3.63) is 27.8 Å². The molecular formula is C11H12BrClN4. The molecule has 0 radical (unpaired) electrons. The minimum atomic E-state index is 0.428.